The molecule has 8 aromatic carbocycles. The van der Waals surface area contributed by atoms with Crippen LogP contribution in [0.25, 0.3) is 32.7 Å². The van der Waals surface area contributed by atoms with Crippen LogP contribution in [0.1, 0.15) is 93.0 Å². The highest BCUT2D eigenvalue weighted by atomic mass is 16.5. The molecule has 1 aliphatic carbocycles. The van der Waals surface area contributed by atoms with E-state index >= 15 is 0 Å². The fourth-order valence-corrected chi connectivity index (χ4v) is 8.87. The lowest BCUT2D eigenvalue weighted by atomic mass is 9.67. The van der Waals surface area contributed by atoms with Gasteiger partial charge in [-0.2, -0.15) is 0 Å². The zero-order valence-corrected chi connectivity index (χ0v) is 32.8. The van der Waals surface area contributed by atoms with Crippen LogP contribution in [0.5, 0.6) is 11.5 Å². The summed E-state index contributed by atoms with van der Waals surface area (Å²) < 4.78 is 13.0. The van der Waals surface area contributed by atoms with Gasteiger partial charge in [0.05, 0.1) is 16.5 Å². The molecule has 59 heavy (non-hydrogen) atoms. The molecule has 0 fully saturated rings. The lowest BCUT2D eigenvalue weighted by Crippen LogP contribution is -2.28. The van der Waals surface area contributed by atoms with Crippen molar-refractivity contribution in [3.05, 3.63) is 214 Å². The molecule has 0 heterocycles. The van der Waals surface area contributed by atoms with E-state index in [0.717, 1.165) is 57.0 Å². The van der Waals surface area contributed by atoms with Crippen molar-refractivity contribution in [2.24, 2.45) is 0 Å². The van der Waals surface area contributed by atoms with Gasteiger partial charge in [0, 0.05) is 0 Å². The predicted octanol–water partition coefficient (Wildman–Crippen LogP) is 12.8. The van der Waals surface area contributed by atoms with E-state index < -0.39 is 17.4 Å². The molecule has 290 valence electrons. The molecule has 0 bridgehead atoms. The Morgan fingerprint density at radius 3 is 1.24 bits per heavy atom. The summed E-state index contributed by atoms with van der Waals surface area (Å²) in [6, 6.07) is 57.3. The van der Waals surface area contributed by atoms with Crippen LogP contribution in [0, 0.1) is 0 Å². The summed E-state index contributed by atoms with van der Waals surface area (Å²) in [7, 11) is 0. The van der Waals surface area contributed by atoms with E-state index in [4.69, 9.17) is 9.47 Å². The van der Waals surface area contributed by atoms with Crippen LogP contribution in [-0.4, -0.2) is 22.2 Å². The number of benzene rings is 8. The molecular weight excluding hydrogens is 733 g/mol. The quantitative estimate of drug-likeness (QED) is 0.128. The van der Waals surface area contributed by atoms with E-state index in [1.807, 2.05) is 36.4 Å². The van der Waals surface area contributed by atoms with Gasteiger partial charge in [0.1, 0.15) is 23.7 Å². The Morgan fingerprint density at radius 2 is 0.847 bits per heavy atom. The third kappa shape index (κ3) is 6.66. The van der Waals surface area contributed by atoms with Crippen molar-refractivity contribution in [1.29, 1.82) is 0 Å². The van der Waals surface area contributed by atoms with Gasteiger partial charge in [-0.1, -0.05) is 123 Å². The van der Waals surface area contributed by atoms with E-state index in [0.29, 0.717) is 0 Å². The molecule has 2 unspecified atom stereocenters. The van der Waals surface area contributed by atoms with Gasteiger partial charge in [0.15, 0.2) is 0 Å². The number of carbonyl (C=O) groups is 2. The standard InChI is InChI=1S/C53H42O6/c1-3-49(33-13-17-35(18-14-33)51(54)55)58-43-27-23-37-29-41(25-21-39(37)31-43)53(47-11-7-5-9-45(47)46-10-6-8-12-48(46)53)42-26-22-40-32-44(28-24-38(40)30-42)59-50(4-2)34-15-19-36(20-16-34)52(56)57/h5-32,49-50H,3-4H2,1-2H3,(H,54,55)(H,56,57). The zero-order valence-electron chi connectivity index (χ0n) is 32.8. The smallest absolute Gasteiger partial charge is 0.335 e. The lowest BCUT2D eigenvalue weighted by molar-refractivity contribution is 0.0686. The van der Waals surface area contributed by atoms with Gasteiger partial charge < -0.3 is 19.7 Å². The molecule has 6 nitrogen and oxygen atoms in total. The molecule has 0 radical (unpaired) electrons. The van der Waals surface area contributed by atoms with Crippen molar-refractivity contribution in [2.45, 2.75) is 44.3 Å². The predicted molar refractivity (Wildman–Crippen MR) is 233 cm³/mol. The number of aromatic carboxylic acids is 2. The van der Waals surface area contributed by atoms with E-state index in [1.54, 1.807) is 24.3 Å². The third-order valence-corrected chi connectivity index (χ3v) is 11.8. The molecule has 1 aliphatic rings. The number of fused-ring (bicyclic) bond motifs is 5. The fourth-order valence-electron chi connectivity index (χ4n) is 8.87. The molecule has 9 rings (SSSR count). The molecule has 0 aromatic heterocycles. The average Bonchev–Trinajstić information content (AvgIpc) is 3.58. The number of ether oxygens (including phenoxy) is 2. The van der Waals surface area contributed by atoms with Gasteiger partial charge in [-0.3, -0.25) is 0 Å². The molecule has 0 saturated heterocycles. The van der Waals surface area contributed by atoms with Crippen molar-refractivity contribution in [3.63, 3.8) is 0 Å². The monoisotopic (exact) mass is 774 g/mol. The van der Waals surface area contributed by atoms with Crippen LogP contribution in [0.3, 0.4) is 0 Å². The molecule has 0 spiro atoms. The van der Waals surface area contributed by atoms with Gasteiger partial charge >= 0.3 is 11.9 Å². The topological polar surface area (TPSA) is 93.1 Å². The van der Waals surface area contributed by atoms with Crippen LogP contribution >= 0.6 is 0 Å². The molecule has 0 aliphatic heterocycles. The van der Waals surface area contributed by atoms with E-state index in [2.05, 4.69) is 123 Å². The van der Waals surface area contributed by atoms with Gasteiger partial charge in [-0.05, 0) is 140 Å². The normalized spacial score (nSPS) is 13.7. The van der Waals surface area contributed by atoms with Crippen molar-refractivity contribution < 1.29 is 29.3 Å². The summed E-state index contributed by atoms with van der Waals surface area (Å²) in [6.45, 7) is 4.13. The van der Waals surface area contributed by atoms with E-state index in [9.17, 15) is 19.8 Å². The first-order chi connectivity index (χ1) is 28.8. The number of hydrogen-bond acceptors (Lipinski definition) is 4. The van der Waals surface area contributed by atoms with Crippen LogP contribution in [0.4, 0.5) is 0 Å². The highest BCUT2D eigenvalue weighted by molar-refractivity contribution is 5.92. The molecular formula is C53H42O6. The van der Waals surface area contributed by atoms with Crippen LogP contribution in [0.15, 0.2) is 170 Å². The second-order valence-electron chi connectivity index (χ2n) is 15.2. The minimum absolute atomic E-state index is 0.217. The lowest BCUT2D eigenvalue weighted by Gasteiger charge is -2.34. The first-order valence-electron chi connectivity index (χ1n) is 20.0. The number of rotatable bonds is 12. The van der Waals surface area contributed by atoms with Crippen LogP contribution in [0.2, 0.25) is 0 Å². The summed E-state index contributed by atoms with van der Waals surface area (Å²) in [6.07, 6.45) is 1.03. The molecule has 6 heteroatoms. The maximum Gasteiger partial charge on any atom is 0.335 e. The van der Waals surface area contributed by atoms with Gasteiger partial charge in [-0.25, -0.2) is 9.59 Å². The highest BCUT2D eigenvalue weighted by Crippen LogP contribution is 2.56. The van der Waals surface area contributed by atoms with Crippen LogP contribution < -0.4 is 9.47 Å². The molecule has 0 amide bonds. The van der Waals surface area contributed by atoms with Gasteiger partial charge in [0.25, 0.3) is 0 Å². The number of hydrogen-bond donors (Lipinski definition) is 2. The Balaban J connectivity index is 1.09. The SMILES string of the molecule is CCC(Oc1ccc2cc(C3(c4ccc5cc(OC(CC)c6ccc(C(=O)O)cc6)ccc5c4)c4ccccc4-c4ccccc43)ccc2c1)c1ccc(C(=O)O)cc1. The Hall–Kier alpha value is -7.18. The summed E-state index contributed by atoms with van der Waals surface area (Å²) in [4.78, 5) is 22.8. The summed E-state index contributed by atoms with van der Waals surface area (Å²) in [5.74, 6) is -0.384. The minimum Gasteiger partial charge on any atom is -0.486 e. The third-order valence-electron chi connectivity index (χ3n) is 11.8. The molecule has 2 N–H and O–H groups in total. The van der Waals surface area contributed by atoms with Crippen molar-refractivity contribution in [2.75, 3.05) is 0 Å². The van der Waals surface area contributed by atoms with Gasteiger partial charge in [0.2, 0.25) is 0 Å². The zero-order chi connectivity index (χ0) is 40.7. The first kappa shape index (κ1) is 37.4. The van der Waals surface area contributed by atoms with Crippen molar-refractivity contribution >= 4 is 33.5 Å². The molecule has 8 aromatic rings. The maximum atomic E-state index is 11.4. The second kappa shape index (κ2) is 15.3. The minimum atomic E-state index is -0.947. The van der Waals surface area contributed by atoms with Gasteiger partial charge in [-0.15, -0.1) is 0 Å². The highest BCUT2D eigenvalue weighted by Gasteiger charge is 2.46. The summed E-state index contributed by atoms with van der Waals surface area (Å²) in [5, 5.41) is 23.0. The van der Waals surface area contributed by atoms with E-state index in [-0.39, 0.29) is 23.3 Å². The Labute approximate surface area is 342 Å². The second-order valence-corrected chi connectivity index (χ2v) is 15.2. The molecule has 2 atom stereocenters. The van der Waals surface area contributed by atoms with Crippen molar-refractivity contribution in [1.82, 2.24) is 0 Å². The summed E-state index contributed by atoms with van der Waals surface area (Å²) >= 11 is 0. The Morgan fingerprint density at radius 1 is 0.475 bits per heavy atom. The largest absolute Gasteiger partial charge is 0.486 e. The molecule has 0 saturated carbocycles. The first-order valence-corrected chi connectivity index (χ1v) is 20.0. The maximum absolute atomic E-state index is 11.4. The van der Waals surface area contributed by atoms with E-state index in [1.165, 1.54) is 33.4 Å². The number of carboxylic acid groups (broad SMARTS) is 2. The Kier molecular flexibility index (Phi) is 9.69. The Bertz CT molecular complexity index is 2680. The summed E-state index contributed by atoms with van der Waals surface area (Å²) in [5.41, 5.74) is 9.03. The fraction of sp³-hybridized carbons (Fsp3) is 0.132. The van der Waals surface area contributed by atoms with Crippen LogP contribution in [-0.2, 0) is 5.41 Å². The van der Waals surface area contributed by atoms with Crippen molar-refractivity contribution in [3.8, 4) is 22.6 Å². The average molecular weight is 775 g/mol. The number of carboxylic acids is 2.